The Kier molecular flexibility index (Phi) is 8.80. The van der Waals surface area contributed by atoms with Crippen LogP contribution in [0.1, 0.15) is 41.1 Å². The van der Waals surface area contributed by atoms with Crippen LogP contribution in [0.5, 0.6) is 0 Å². The third-order valence-electron chi connectivity index (χ3n) is 6.41. The topological polar surface area (TPSA) is 110 Å². The van der Waals surface area contributed by atoms with Crippen LogP contribution in [0.15, 0.2) is 53.1 Å². The highest BCUT2D eigenvalue weighted by Gasteiger charge is 2.27. The number of anilines is 1. The molecule has 36 heavy (non-hydrogen) atoms. The monoisotopic (exact) mass is 491 g/mol. The van der Waals surface area contributed by atoms with Crippen molar-refractivity contribution < 1.29 is 18.8 Å². The second-order valence-corrected chi connectivity index (χ2v) is 9.01. The molecule has 0 aliphatic carbocycles. The van der Waals surface area contributed by atoms with Crippen LogP contribution in [0, 0.1) is 12.8 Å². The first-order chi connectivity index (χ1) is 17.5. The SMILES string of the molecule is COCCCNC(=O)c1ccccc1NC(=O)C1CCN(Cc2nc(-c3ccccc3C)no2)CC1. The lowest BCUT2D eigenvalue weighted by molar-refractivity contribution is -0.121. The first kappa shape index (κ1) is 25.5. The van der Waals surface area contributed by atoms with Gasteiger partial charge in [0.1, 0.15) is 0 Å². The van der Waals surface area contributed by atoms with Crippen molar-refractivity contribution in [2.75, 3.05) is 38.7 Å². The largest absolute Gasteiger partial charge is 0.385 e. The summed E-state index contributed by atoms with van der Waals surface area (Å²) in [4.78, 5) is 32.3. The van der Waals surface area contributed by atoms with Gasteiger partial charge in [-0.2, -0.15) is 4.98 Å². The predicted octanol–water partition coefficient (Wildman–Crippen LogP) is 3.66. The van der Waals surface area contributed by atoms with E-state index in [9.17, 15) is 9.59 Å². The number of benzene rings is 2. The van der Waals surface area contributed by atoms with Gasteiger partial charge < -0.3 is 19.9 Å². The fraction of sp³-hybridized carbons (Fsp3) is 0.407. The summed E-state index contributed by atoms with van der Waals surface area (Å²) >= 11 is 0. The third-order valence-corrected chi connectivity index (χ3v) is 6.41. The number of nitrogens with zero attached hydrogens (tertiary/aromatic N) is 3. The smallest absolute Gasteiger partial charge is 0.253 e. The van der Waals surface area contributed by atoms with E-state index in [2.05, 4.69) is 25.7 Å². The molecule has 2 N–H and O–H groups in total. The van der Waals surface area contributed by atoms with Crippen molar-refractivity contribution in [3.05, 3.63) is 65.5 Å². The lowest BCUT2D eigenvalue weighted by Crippen LogP contribution is -2.38. The van der Waals surface area contributed by atoms with Gasteiger partial charge in [-0.05, 0) is 57.0 Å². The summed E-state index contributed by atoms with van der Waals surface area (Å²) in [5, 5.41) is 9.98. The molecule has 1 aromatic heterocycles. The molecule has 0 spiro atoms. The highest BCUT2D eigenvalue weighted by molar-refractivity contribution is 6.04. The van der Waals surface area contributed by atoms with E-state index < -0.39 is 0 Å². The molecule has 0 atom stereocenters. The Bertz CT molecular complexity index is 1170. The quantitative estimate of drug-likeness (QED) is 0.417. The molecule has 0 unspecified atom stereocenters. The number of ether oxygens (including phenoxy) is 1. The molecule has 1 fully saturated rings. The number of piperidine rings is 1. The molecule has 4 rings (SSSR count). The van der Waals surface area contributed by atoms with E-state index in [0.29, 0.717) is 42.7 Å². The average molecular weight is 492 g/mol. The molecular formula is C27H33N5O4. The fourth-order valence-electron chi connectivity index (χ4n) is 4.34. The number of aryl methyl sites for hydroxylation is 1. The molecule has 0 bridgehead atoms. The number of carbonyl (C=O) groups is 2. The van der Waals surface area contributed by atoms with Gasteiger partial charge in [-0.1, -0.05) is 41.6 Å². The van der Waals surface area contributed by atoms with Crippen molar-refractivity contribution in [1.82, 2.24) is 20.4 Å². The highest BCUT2D eigenvalue weighted by Crippen LogP contribution is 2.24. The summed E-state index contributed by atoms with van der Waals surface area (Å²) in [5.74, 6) is 0.778. The number of likely N-dealkylation sites (tertiary alicyclic amines) is 1. The normalized spacial score (nSPS) is 14.5. The van der Waals surface area contributed by atoms with E-state index in [1.807, 2.05) is 37.3 Å². The number of methoxy groups -OCH3 is 1. The van der Waals surface area contributed by atoms with Gasteiger partial charge >= 0.3 is 0 Å². The van der Waals surface area contributed by atoms with Crippen molar-refractivity contribution >= 4 is 17.5 Å². The van der Waals surface area contributed by atoms with E-state index >= 15 is 0 Å². The van der Waals surface area contributed by atoms with E-state index in [4.69, 9.17) is 9.26 Å². The fourth-order valence-corrected chi connectivity index (χ4v) is 4.34. The van der Waals surface area contributed by atoms with Crippen LogP contribution in [0.25, 0.3) is 11.4 Å². The third kappa shape index (κ3) is 6.56. The predicted molar refractivity (Wildman–Crippen MR) is 136 cm³/mol. The molecule has 0 radical (unpaired) electrons. The molecule has 9 nitrogen and oxygen atoms in total. The van der Waals surface area contributed by atoms with E-state index in [0.717, 1.165) is 43.5 Å². The molecule has 2 aromatic carbocycles. The molecule has 1 aliphatic rings. The lowest BCUT2D eigenvalue weighted by Gasteiger charge is -2.30. The van der Waals surface area contributed by atoms with Crippen LogP contribution >= 0.6 is 0 Å². The van der Waals surface area contributed by atoms with Crippen molar-refractivity contribution in [3.63, 3.8) is 0 Å². The molecule has 2 heterocycles. The maximum Gasteiger partial charge on any atom is 0.253 e. The maximum absolute atomic E-state index is 13.0. The van der Waals surface area contributed by atoms with E-state index in [1.165, 1.54) is 0 Å². The highest BCUT2D eigenvalue weighted by atomic mass is 16.5. The van der Waals surface area contributed by atoms with Crippen molar-refractivity contribution in [2.24, 2.45) is 5.92 Å². The van der Waals surface area contributed by atoms with Crippen LogP contribution in [0.3, 0.4) is 0 Å². The Hall–Kier alpha value is -3.56. The number of aromatic nitrogens is 2. The summed E-state index contributed by atoms with van der Waals surface area (Å²) in [5.41, 5.74) is 3.05. The molecule has 190 valence electrons. The summed E-state index contributed by atoms with van der Waals surface area (Å²) in [6, 6.07) is 15.0. The minimum atomic E-state index is -0.207. The van der Waals surface area contributed by atoms with Crippen LogP contribution in [0.4, 0.5) is 5.69 Å². The minimum absolute atomic E-state index is 0.0612. The van der Waals surface area contributed by atoms with Crippen molar-refractivity contribution in [3.8, 4) is 11.4 Å². The molecule has 2 amide bonds. The summed E-state index contributed by atoms with van der Waals surface area (Å²) < 4.78 is 10.5. The van der Waals surface area contributed by atoms with E-state index in [1.54, 1.807) is 25.3 Å². The van der Waals surface area contributed by atoms with Gasteiger partial charge in [-0.15, -0.1) is 0 Å². The Balaban J connectivity index is 1.28. The van der Waals surface area contributed by atoms with Gasteiger partial charge in [0.25, 0.3) is 5.91 Å². The second-order valence-electron chi connectivity index (χ2n) is 9.01. The van der Waals surface area contributed by atoms with Gasteiger partial charge in [0.2, 0.25) is 17.6 Å². The Morgan fingerprint density at radius 2 is 1.86 bits per heavy atom. The Labute approximate surface area is 211 Å². The van der Waals surface area contributed by atoms with Crippen LogP contribution in [-0.2, 0) is 16.1 Å². The standard InChI is InChI=1S/C27H33N5O4/c1-19-8-3-4-9-21(19)25-30-24(36-31-25)18-32-15-12-20(13-16-32)26(33)29-23-11-6-5-10-22(23)27(34)28-14-7-17-35-2/h3-6,8-11,20H,7,12-18H2,1-2H3,(H,28,34)(H,29,33). The van der Waals surface area contributed by atoms with E-state index in [-0.39, 0.29) is 17.7 Å². The van der Waals surface area contributed by atoms with Crippen LogP contribution < -0.4 is 10.6 Å². The zero-order valence-corrected chi connectivity index (χ0v) is 20.8. The summed E-state index contributed by atoms with van der Waals surface area (Å²) in [6.07, 6.45) is 2.16. The summed E-state index contributed by atoms with van der Waals surface area (Å²) in [6.45, 7) is 5.18. The molecule has 1 aliphatic heterocycles. The maximum atomic E-state index is 13.0. The van der Waals surface area contributed by atoms with Crippen molar-refractivity contribution in [2.45, 2.75) is 32.7 Å². The van der Waals surface area contributed by atoms with Gasteiger partial charge in [-0.3, -0.25) is 14.5 Å². The molecule has 9 heteroatoms. The molecule has 0 saturated carbocycles. The van der Waals surface area contributed by atoms with Crippen LogP contribution in [-0.4, -0.2) is 60.2 Å². The number of hydrogen-bond donors (Lipinski definition) is 2. The van der Waals surface area contributed by atoms with Gasteiger partial charge in [0.15, 0.2) is 0 Å². The number of amides is 2. The Morgan fingerprint density at radius 1 is 1.11 bits per heavy atom. The van der Waals surface area contributed by atoms with Crippen LogP contribution in [0.2, 0.25) is 0 Å². The number of rotatable bonds is 10. The first-order valence-corrected chi connectivity index (χ1v) is 12.3. The first-order valence-electron chi connectivity index (χ1n) is 12.3. The molecule has 1 saturated heterocycles. The number of para-hydroxylation sites is 1. The number of hydrogen-bond acceptors (Lipinski definition) is 7. The lowest BCUT2D eigenvalue weighted by atomic mass is 9.95. The summed E-state index contributed by atoms with van der Waals surface area (Å²) in [7, 11) is 1.63. The average Bonchev–Trinajstić information content (AvgIpc) is 3.35. The minimum Gasteiger partial charge on any atom is -0.385 e. The van der Waals surface area contributed by atoms with Gasteiger partial charge in [0, 0.05) is 31.7 Å². The van der Waals surface area contributed by atoms with Gasteiger partial charge in [-0.25, -0.2) is 0 Å². The molecular weight excluding hydrogens is 458 g/mol. The number of carbonyl (C=O) groups excluding carboxylic acids is 2. The zero-order chi connectivity index (χ0) is 25.3. The second kappa shape index (κ2) is 12.4. The Morgan fingerprint density at radius 3 is 2.64 bits per heavy atom. The zero-order valence-electron chi connectivity index (χ0n) is 20.8. The molecule has 3 aromatic rings. The van der Waals surface area contributed by atoms with Crippen molar-refractivity contribution in [1.29, 1.82) is 0 Å². The number of nitrogens with one attached hydrogen (secondary N) is 2. The van der Waals surface area contributed by atoms with Gasteiger partial charge in [0.05, 0.1) is 17.8 Å².